The highest BCUT2D eigenvalue weighted by atomic mass is 35.5. The van der Waals surface area contributed by atoms with Crippen LogP contribution in [-0.4, -0.2) is 122 Å². The Balaban J connectivity index is 0.00000486. The summed E-state index contributed by atoms with van der Waals surface area (Å²) in [6.45, 7) is 18.0. The number of carbonyl (C=O) groups is 3. The van der Waals surface area contributed by atoms with Gasteiger partial charge in [-0.15, -0.1) is 8.97 Å². The maximum absolute atomic E-state index is 15.2. The molecule has 0 aliphatic carbocycles. The second kappa shape index (κ2) is 22.5. The Hall–Kier alpha value is -3.07. The van der Waals surface area contributed by atoms with Gasteiger partial charge in [-0.3, -0.25) is 19.9 Å². The number of aryl methyl sites for hydroxylation is 2. The predicted octanol–water partition coefficient (Wildman–Crippen LogP) is -3.62. The average Bonchev–Trinajstić information content (AvgIpc) is 3.17. The molecule has 0 bridgehead atoms. The van der Waals surface area contributed by atoms with Crippen LogP contribution in [0.4, 0.5) is 14.4 Å². The highest BCUT2D eigenvalue weighted by Gasteiger charge is 2.69. The van der Waals surface area contributed by atoms with Crippen LogP contribution in [0.15, 0.2) is 61.1 Å². The van der Waals surface area contributed by atoms with Gasteiger partial charge in [-0.1, -0.05) is 39.0 Å². The molecule has 3 aromatic heterocycles. The highest BCUT2D eigenvalue weighted by molar-refractivity contribution is 5.99. The second-order valence-corrected chi connectivity index (χ2v) is 13.6. The van der Waals surface area contributed by atoms with E-state index in [1.165, 1.54) is 16.0 Å². The molecule has 12 nitrogen and oxygen atoms in total. The van der Waals surface area contributed by atoms with Gasteiger partial charge < -0.3 is 47.4 Å². The molecule has 2 N–H and O–H groups in total. The summed E-state index contributed by atoms with van der Waals surface area (Å²) in [5, 5.41) is 0. The van der Waals surface area contributed by atoms with Crippen molar-refractivity contribution in [1.29, 1.82) is 0 Å². The van der Waals surface area contributed by atoms with Crippen LogP contribution in [0, 0.1) is 0 Å². The van der Waals surface area contributed by atoms with Gasteiger partial charge in [0.1, 0.15) is 32.7 Å². The van der Waals surface area contributed by atoms with Crippen LogP contribution in [0.1, 0.15) is 69.8 Å². The number of quaternary nitrogens is 3. The van der Waals surface area contributed by atoms with E-state index < -0.39 is 27.1 Å². The summed E-state index contributed by atoms with van der Waals surface area (Å²) < 4.78 is -0.394. The highest BCUT2D eigenvalue weighted by Crippen LogP contribution is 2.33. The quantitative estimate of drug-likeness (QED) is 0.116. The number of hydrogen-bond acceptors (Lipinski definition) is 8. The van der Waals surface area contributed by atoms with E-state index in [0.717, 1.165) is 37.3 Å². The van der Waals surface area contributed by atoms with Crippen LogP contribution in [0.5, 0.6) is 0 Å². The lowest BCUT2D eigenvalue weighted by molar-refractivity contribution is -0.968. The van der Waals surface area contributed by atoms with Crippen LogP contribution < -0.4 is 43.0 Å². The van der Waals surface area contributed by atoms with E-state index in [2.05, 4.69) is 61.6 Å². The number of nitrogens with two attached hydrogens (primary N) is 1. The smallest absolute Gasteiger partial charge is 0.533 e. The molecule has 1 fully saturated rings. The average molecular weight is 809 g/mol. The molecular formula is C39H60Cl3N9O3. The Morgan fingerprint density at radius 2 is 1.33 bits per heavy atom. The van der Waals surface area contributed by atoms with Gasteiger partial charge >= 0.3 is 18.1 Å². The second-order valence-electron chi connectivity index (χ2n) is 13.6. The molecule has 0 saturated carbocycles. The van der Waals surface area contributed by atoms with Crippen molar-refractivity contribution in [2.75, 3.05) is 65.4 Å². The van der Waals surface area contributed by atoms with E-state index in [1.54, 1.807) is 12.4 Å². The molecule has 6 amide bonds. The van der Waals surface area contributed by atoms with E-state index in [4.69, 9.17) is 10.7 Å². The minimum absolute atomic E-state index is 0. The predicted molar refractivity (Wildman–Crippen MR) is 199 cm³/mol. The summed E-state index contributed by atoms with van der Waals surface area (Å²) >= 11 is 0. The van der Waals surface area contributed by atoms with Crippen LogP contribution in [0.2, 0.25) is 0 Å². The van der Waals surface area contributed by atoms with Gasteiger partial charge in [-0.25, -0.2) is 9.59 Å². The van der Waals surface area contributed by atoms with Crippen LogP contribution in [0.3, 0.4) is 0 Å². The molecule has 2 atom stereocenters. The lowest BCUT2D eigenvalue weighted by atomic mass is 10.1. The third-order valence-electron chi connectivity index (χ3n) is 11.1. The molecule has 3 aromatic rings. The molecular weight excluding hydrogens is 749 g/mol. The molecule has 1 aliphatic heterocycles. The zero-order valence-corrected chi connectivity index (χ0v) is 35.2. The van der Waals surface area contributed by atoms with Crippen molar-refractivity contribution in [2.45, 2.75) is 74.0 Å². The fraction of sp³-hybridized carbons (Fsp3) is 0.538. The Kier molecular flexibility index (Phi) is 20.4. The minimum Gasteiger partial charge on any atom is -1.00 e. The third-order valence-corrected chi connectivity index (χ3v) is 11.1. The summed E-state index contributed by atoms with van der Waals surface area (Å²) in [4.78, 5) is 62.3. The third kappa shape index (κ3) is 10.4. The number of aromatic nitrogens is 3. The first-order valence-corrected chi connectivity index (χ1v) is 18.8. The van der Waals surface area contributed by atoms with Gasteiger partial charge in [-0.05, 0) is 75.5 Å². The first-order chi connectivity index (χ1) is 24.6. The maximum Gasteiger partial charge on any atom is 0.533 e. The van der Waals surface area contributed by atoms with Gasteiger partial charge in [-0.2, -0.15) is 9.69 Å². The molecule has 4 heterocycles. The molecule has 1 aliphatic rings. The molecule has 0 spiro atoms. The number of halogens is 3. The standard InChI is InChI=1S/C39H60N9O3.3ClH/c1-7-32-17-15-22-42-35(32)29-44(9-3)24-25-45-37(49)47(12-6,28-27-46(10-4,11-5)31-36-33(8-2)18-16-23-43-36)39(51)48(26-20-40,38(45)50)30-34-19-13-14-21-41-34;;;/h13-19,21-23H,7-12,20,24-31,40H2,1-6H3;3*1H/q+3;;;/p-3. The number of imide groups is 3. The van der Waals surface area contributed by atoms with Gasteiger partial charge in [0.2, 0.25) is 0 Å². The zero-order chi connectivity index (χ0) is 37.1. The molecule has 300 valence electrons. The van der Waals surface area contributed by atoms with E-state index in [9.17, 15) is 9.59 Å². The topological polar surface area (TPSA) is 122 Å². The maximum atomic E-state index is 15.2. The molecule has 4 rings (SSSR count). The summed E-state index contributed by atoms with van der Waals surface area (Å²) in [5.74, 6) is 0. The number of amides is 6. The lowest BCUT2D eigenvalue weighted by Gasteiger charge is -2.47. The van der Waals surface area contributed by atoms with Crippen molar-refractivity contribution in [3.8, 4) is 0 Å². The number of urea groups is 3. The van der Waals surface area contributed by atoms with Crippen molar-refractivity contribution >= 4 is 18.1 Å². The number of carbonyl (C=O) groups excluding carboxylic acids is 3. The van der Waals surface area contributed by atoms with E-state index in [-0.39, 0.29) is 76.5 Å². The normalized spacial score (nSPS) is 18.6. The summed E-state index contributed by atoms with van der Waals surface area (Å²) in [7, 11) is 0. The number of rotatable bonds is 20. The van der Waals surface area contributed by atoms with Gasteiger partial charge in [0.25, 0.3) is 0 Å². The number of hydrogen-bond donors (Lipinski definition) is 1. The molecule has 0 radical (unpaired) electrons. The first-order valence-electron chi connectivity index (χ1n) is 18.8. The van der Waals surface area contributed by atoms with Crippen molar-refractivity contribution in [3.05, 3.63) is 89.3 Å². The SMILES string of the molecule is CCc1cccnc1CN(CC)CCN1C(=O)[N+](CC)(CC[N+](CC)(CC)Cc2ncccc2CC)C(=O)[N+](CCN)(Cc2ccccn2)C1=O.[Cl-].[Cl-].[Cl-]. The Morgan fingerprint density at radius 1 is 0.741 bits per heavy atom. The molecule has 54 heavy (non-hydrogen) atoms. The summed E-state index contributed by atoms with van der Waals surface area (Å²) in [6.07, 6.45) is 7.04. The molecule has 1 saturated heterocycles. The lowest BCUT2D eigenvalue weighted by Crippen LogP contribution is -3.00. The van der Waals surface area contributed by atoms with Crippen molar-refractivity contribution < 1.29 is 65.1 Å². The number of pyridine rings is 3. The molecule has 15 heteroatoms. The summed E-state index contributed by atoms with van der Waals surface area (Å²) in [5.41, 5.74) is 11.2. The fourth-order valence-electron chi connectivity index (χ4n) is 7.50. The fourth-order valence-corrected chi connectivity index (χ4v) is 7.50. The molecule has 0 aromatic carbocycles. The Bertz CT molecular complexity index is 1630. The van der Waals surface area contributed by atoms with Crippen molar-refractivity contribution in [3.63, 3.8) is 0 Å². The first kappa shape index (κ1) is 48.9. The number of likely N-dealkylation sites (N-methyl/N-ethyl adjacent to an activating group) is 3. The number of nitrogens with zero attached hydrogens (tertiary/aromatic N) is 8. The van der Waals surface area contributed by atoms with Crippen molar-refractivity contribution in [1.82, 2.24) is 24.8 Å². The summed E-state index contributed by atoms with van der Waals surface area (Å²) in [6, 6.07) is 12.2. The molecule has 2 unspecified atom stereocenters. The van der Waals surface area contributed by atoms with Crippen LogP contribution in [0.25, 0.3) is 0 Å². The minimum atomic E-state index is -0.585. The monoisotopic (exact) mass is 807 g/mol. The van der Waals surface area contributed by atoms with Gasteiger partial charge in [0, 0.05) is 38.2 Å². The van der Waals surface area contributed by atoms with Crippen LogP contribution in [-0.2, 0) is 32.5 Å². The van der Waals surface area contributed by atoms with Crippen molar-refractivity contribution in [2.24, 2.45) is 5.73 Å². The largest absolute Gasteiger partial charge is 1.00 e. The van der Waals surface area contributed by atoms with E-state index in [0.29, 0.717) is 42.9 Å². The van der Waals surface area contributed by atoms with Crippen LogP contribution >= 0.6 is 0 Å². The van der Waals surface area contributed by atoms with Gasteiger partial charge in [0.05, 0.1) is 43.3 Å². The van der Waals surface area contributed by atoms with E-state index >= 15 is 4.79 Å². The van der Waals surface area contributed by atoms with E-state index in [1.807, 2.05) is 43.5 Å². The van der Waals surface area contributed by atoms with Gasteiger partial charge in [0.15, 0.2) is 0 Å². The zero-order valence-electron chi connectivity index (χ0n) is 32.9. The Morgan fingerprint density at radius 3 is 1.87 bits per heavy atom. The Labute approximate surface area is 341 Å².